The number of amides is 2. The van der Waals surface area contributed by atoms with Crippen molar-refractivity contribution in [2.45, 2.75) is 69.5 Å². The lowest BCUT2D eigenvalue weighted by Crippen LogP contribution is -2.48. The molecular weight excluding hydrogens is 226 g/mol. The Bertz CT molecular complexity index is 268. The SMILES string of the molecule is CNC1CCC(N(C)C(=O)NC2CCCC2)CC1. The van der Waals surface area contributed by atoms with Crippen molar-refractivity contribution in [2.24, 2.45) is 0 Å². The van der Waals surface area contributed by atoms with Gasteiger partial charge >= 0.3 is 6.03 Å². The predicted octanol–water partition coefficient (Wildman–Crippen LogP) is 2.10. The Morgan fingerprint density at radius 2 is 1.61 bits per heavy atom. The van der Waals surface area contributed by atoms with Gasteiger partial charge in [-0.1, -0.05) is 12.8 Å². The quantitative estimate of drug-likeness (QED) is 0.809. The van der Waals surface area contributed by atoms with Crippen LogP contribution in [-0.4, -0.2) is 43.2 Å². The molecule has 2 rings (SSSR count). The van der Waals surface area contributed by atoms with Gasteiger partial charge < -0.3 is 15.5 Å². The molecule has 0 unspecified atom stereocenters. The van der Waals surface area contributed by atoms with Crippen LogP contribution in [0.3, 0.4) is 0 Å². The third kappa shape index (κ3) is 3.37. The summed E-state index contributed by atoms with van der Waals surface area (Å²) in [6.07, 6.45) is 9.46. The smallest absolute Gasteiger partial charge is 0.317 e. The van der Waals surface area contributed by atoms with Gasteiger partial charge in [0.15, 0.2) is 0 Å². The number of rotatable bonds is 3. The first-order valence-corrected chi connectivity index (χ1v) is 7.41. The molecule has 4 heteroatoms. The first-order chi connectivity index (χ1) is 8.70. The molecule has 0 aliphatic heterocycles. The van der Waals surface area contributed by atoms with Gasteiger partial charge in [0, 0.05) is 25.2 Å². The number of carbonyl (C=O) groups is 1. The van der Waals surface area contributed by atoms with Gasteiger partial charge in [0.2, 0.25) is 0 Å². The average molecular weight is 253 g/mol. The van der Waals surface area contributed by atoms with Crippen molar-refractivity contribution in [3.63, 3.8) is 0 Å². The Morgan fingerprint density at radius 3 is 2.17 bits per heavy atom. The normalized spacial score (nSPS) is 29.2. The molecule has 18 heavy (non-hydrogen) atoms. The molecule has 2 saturated carbocycles. The summed E-state index contributed by atoms with van der Waals surface area (Å²) in [7, 11) is 3.98. The summed E-state index contributed by atoms with van der Waals surface area (Å²) in [5.41, 5.74) is 0. The van der Waals surface area contributed by atoms with Crippen LogP contribution < -0.4 is 10.6 Å². The lowest BCUT2D eigenvalue weighted by atomic mass is 9.90. The van der Waals surface area contributed by atoms with E-state index in [0.717, 1.165) is 25.7 Å². The lowest BCUT2D eigenvalue weighted by molar-refractivity contribution is 0.164. The molecule has 2 amide bonds. The summed E-state index contributed by atoms with van der Waals surface area (Å²) < 4.78 is 0. The molecule has 0 heterocycles. The maximum absolute atomic E-state index is 12.1. The third-order valence-corrected chi connectivity index (χ3v) is 4.66. The van der Waals surface area contributed by atoms with Gasteiger partial charge in [-0.3, -0.25) is 0 Å². The van der Waals surface area contributed by atoms with Crippen molar-refractivity contribution >= 4 is 6.03 Å². The highest BCUT2D eigenvalue weighted by atomic mass is 16.2. The number of nitrogens with one attached hydrogen (secondary N) is 2. The summed E-state index contributed by atoms with van der Waals surface area (Å²) in [6.45, 7) is 0. The minimum Gasteiger partial charge on any atom is -0.335 e. The Hall–Kier alpha value is -0.770. The molecule has 104 valence electrons. The summed E-state index contributed by atoms with van der Waals surface area (Å²) in [5, 5.41) is 6.50. The molecule has 0 spiro atoms. The monoisotopic (exact) mass is 253 g/mol. The van der Waals surface area contributed by atoms with Crippen LogP contribution in [0, 0.1) is 0 Å². The van der Waals surface area contributed by atoms with Crippen LogP contribution >= 0.6 is 0 Å². The number of nitrogens with zero attached hydrogens (tertiary/aromatic N) is 1. The molecule has 0 bridgehead atoms. The van der Waals surface area contributed by atoms with Crippen molar-refractivity contribution in [1.29, 1.82) is 0 Å². The van der Waals surface area contributed by atoms with E-state index in [4.69, 9.17) is 0 Å². The second kappa shape index (κ2) is 6.41. The fraction of sp³-hybridized carbons (Fsp3) is 0.929. The first kappa shape index (κ1) is 13.7. The van der Waals surface area contributed by atoms with Crippen molar-refractivity contribution in [3.05, 3.63) is 0 Å². The van der Waals surface area contributed by atoms with Gasteiger partial charge in [-0.15, -0.1) is 0 Å². The molecule has 0 atom stereocenters. The Balaban J connectivity index is 1.76. The maximum Gasteiger partial charge on any atom is 0.317 e. The second-order valence-electron chi connectivity index (χ2n) is 5.84. The molecule has 2 fully saturated rings. The van der Waals surface area contributed by atoms with Crippen molar-refractivity contribution < 1.29 is 4.79 Å². The summed E-state index contributed by atoms with van der Waals surface area (Å²) in [5.74, 6) is 0. The van der Waals surface area contributed by atoms with Crippen LogP contribution in [0.4, 0.5) is 4.79 Å². The van der Waals surface area contributed by atoms with Crippen molar-refractivity contribution in [1.82, 2.24) is 15.5 Å². The van der Waals surface area contributed by atoms with Crippen LogP contribution in [0.2, 0.25) is 0 Å². The van der Waals surface area contributed by atoms with Gasteiger partial charge in [-0.05, 0) is 45.6 Å². The first-order valence-electron chi connectivity index (χ1n) is 7.41. The minimum absolute atomic E-state index is 0.134. The van der Waals surface area contributed by atoms with Gasteiger partial charge in [-0.2, -0.15) is 0 Å². The fourth-order valence-corrected chi connectivity index (χ4v) is 3.26. The number of hydrogen-bond donors (Lipinski definition) is 2. The molecule has 2 aliphatic rings. The van der Waals surface area contributed by atoms with Crippen LogP contribution in [0.1, 0.15) is 51.4 Å². The van der Waals surface area contributed by atoms with Crippen LogP contribution in [0.5, 0.6) is 0 Å². The highest BCUT2D eigenvalue weighted by Crippen LogP contribution is 2.23. The molecule has 2 aliphatic carbocycles. The van der Waals surface area contributed by atoms with Crippen LogP contribution in [-0.2, 0) is 0 Å². The van der Waals surface area contributed by atoms with E-state index < -0.39 is 0 Å². The Kier molecular flexibility index (Phi) is 4.87. The number of hydrogen-bond acceptors (Lipinski definition) is 2. The lowest BCUT2D eigenvalue weighted by Gasteiger charge is -2.35. The van der Waals surface area contributed by atoms with Crippen molar-refractivity contribution in [2.75, 3.05) is 14.1 Å². The van der Waals surface area contributed by atoms with Crippen LogP contribution in [0.15, 0.2) is 0 Å². The van der Waals surface area contributed by atoms with E-state index in [2.05, 4.69) is 10.6 Å². The van der Waals surface area contributed by atoms with Crippen LogP contribution in [0.25, 0.3) is 0 Å². The molecule has 0 saturated heterocycles. The topological polar surface area (TPSA) is 44.4 Å². The van der Waals surface area contributed by atoms with Gasteiger partial charge in [0.25, 0.3) is 0 Å². The van der Waals surface area contributed by atoms with E-state index in [-0.39, 0.29) is 6.03 Å². The Morgan fingerprint density at radius 1 is 1.00 bits per heavy atom. The van der Waals surface area contributed by atoms with Gasteiger partial charge in [0.05, 0.1) is 0 Å². The van der Waals surface area contributed by atoms with Gasteiger partial charge in [-0.25, -0.2) is 4.79 Å². The molecule has 0 aromatic rings. The Labute approximate surface area is 110 Å². The molecule has 4 nitrogen and oxygen atoms in total. The minimum atomic E-state index is 0.134. The predicted molar refractivity (Wildman–Crippen MR) is 73.7 cm³/mol. The molecule has 0 aromatic carbocycles. The second-order valence-corrected chi connectivity index (χ2v) is 5.84. The number of carbonyl (C=O) groups excluding carboxylic acids is 1. The summed E-state index contributed by atoms with van der Waals surface area (Å²) in [6, 6.07) is 1.63. The summed E-state index contributed by atoms with van der Waals surface area (Å²) in [4.78, 5) is 14.1. The molecule has 0 radical (unpaired) electrons. The van der Waals surface area contributed by atoms with E-state index in [9.17, 15) is 4.79 Å². The van der Waals surface area contributed by atoms with E-state index in [1.54, 1.807) is 0 Å². The summed E-state index contributed by atoms with van der Waals surface area (Å²) >= 11 is 0. The average Bonchev–Trinajstić information content (AvgIpc) is 2.91. The zero-order valence-electron chi connectivity index (χ0n) is 11.7. The van der Waals surface area contributed by atoms with Gasteiger partial charge in [0.1, 0.15) is 0 Å². The molecule has 0 aromatic heterocycles. The number of urea groups is 1. The maximum atomic E-state index is 12.1. The molecular formula is C14H27N3O. The van der Waals surface area contributed by atoms with E-state index >= 15 is 0 Å². The van der Waals surface area contributed by atoms with E-state index in [1.807, 2.05) is 19.0 Å². The highest BCUT2D eigenvalue weighted by molar-refractivity contribution is 5.74. The third-order valence-electron chi connectivity index (χ3n) is 4.66. The zero-order valence-corrected chi connectivity index (χ0v) is 11.7. The highest BCUT2D eigenvalue weighted by Gasteiger charge is 2.27. The largest absolute Gasteiger partial charge is 0.335 e. The van der Waals surface area contributed by atoms with E-state index in [1.165, 1.54) is 25.7 Å². The zero-order chi connectivity index (χ0) is 13.0. The molecule has 2 N–H and O–H groups in total. The van der Waals surface area contributed by atoms with Crippen molar-refractivity contribution in [3.8, 4) is 0 Å². The standard InChI is InChI=1S/C14H27N3O/c1-15-11-7-9-13(10-8-11)17(2)14(18)16-12-5-3-4-6-12/h11-13,15H,3-10H2,1-2H3,(H,16,18). The van der Waals surface area contributed by atoms with E-state index in [0.29, 0.717) is 18.1 Å². The fourth-order valence-electron chi connectivity index (χ4n) is 3.26.